The lowest BCUT2D eigenvalue weighted by molar-refractivity contribution is 0.341. The van der Waals surface area contributed by atoms with Gasteiger partial charge in [0.1, 0.15) is 5.82 Å². The van der Waals surface area contributed by atoms with Crippen LogP contribution in [0.25, 0.3) is 0 Å². The number of alkyl halides is 2. The lowest BCUT2D eigenvalue weighted by atomic mass is 9.81. The van der Waals surface area contributed by atoms with Crippen LogP contribution in [-0.2, 0) is 6.42 Å². The molecule has 96 valence electrons. The lowest BCUT2D eigenvalue weighted by Gasteiger charge is -2.29. The molecule has 1 aromatic rings. The fraction of sp³-hybridized carbons (Fsp3) is 0.538. The summed E-state index contributed by atoms with van der Waals surface area (Å²) in [7, 11) is 0. The molecule has 0 heterocycles. The first kappa shape index (κ1) is 15.1. The van der Waals surface area contributed by atoms with Crippen LogP contribution in [0.4, 0.5) is 4.39 Å². The van der Waals surface area contributed by atoms with Gasteiger partial charge in [-0.25, -0.2) is 4.39 Å². The Bertz CT molecular complexity index is 362. The molecular formula is C13H16Cl3F. The molecule has 4 heteroatoms. The first-order valence-corrected chi connectivity index (χ1v) is 7.07. The quantitative estimate of drug-likeness (QED) is 0.626. The van der Waals surface area contributed by atoms with Crippen molar-refractivity contribution in [1.29, 1.82) is 0 Å². The molecule has 0 bridgehead atoms. The van der Waals surface area contributed by atoms with E-state index in [0.717, 1.165) is 18.4 Å². The predicted octanol–water partition coefficient (Wildman–Crippen LogP) is 5.29. The third kappa shape index (κ3) is 4.01. The molecule has 0 nitrogen and oxygen atoms in total. The van der Waals surface area contributed by atoms with Crippen molar-refractivity contribution >= 4 is 34.8 Å². The summed E-state index contributed by atoms with van der Waals surface area (Å²) in [5.74, 6) is 0.646. The summed E-state index contributed by atoms with van der Waals surface area (Å²) < 4.78 is 13.0. The molecule has 0 unspecified atom stereocenters. The van der Waals surface area contributed by atoms with E-state index in [1.54, 1.807) is 6.07 Å². The molecule has 0 fully saturated rings. The average Bonchev–Trinajstić information content (AvgIpc) is 2.32. The van der Waals surface area contributed by atoms with Crippen LogP contribution in [0, 0.1) is 11.2 Å². The summed E-state index contributed by atoms with van der Waals surface area (Å²) in [6.07, 6.45) is 2.64. The summed E-state index contributed by atoms with van der Waals surface area (Å²) >= 11 is 18.1. The SMILES string of the molecule is CCCC(CCl)(CCl)Cc1ccc(F)cc1Cl. The predicted molar refractivity (Wildman–Crippen MR) is 73.9 cm³/mol. The van der Waals surface area contributed by atoms with Crippen molar-refractivity contribution in [3.63, 3.8) is 0 Å². The Hall–Kier alpha value is 0.0200. The summed E-state index contributed by atoms with van der Waals surface area (Å²) in [5.41, 5.74) is 0.752. The van der Waals surface area contributed by atoms with E-state index < -0.39 is 0 Å². The van der Waals surface area contributed by atoms with Gasteiger partial charge in [-0.3, -0.25) is 0 Å². The Morgan fingerprint density at radius 3 is 2.35 bits per heavy atom. The first-order valence-electron chi connectivity index (χ1n) is 5.63. The van der Waals surface area contributed by atoms with Crippen LogP contribution >= 0.6 is 34.8 Å². The Balaban J connectivity index is 2.92. The summed E-state index contributed by atoms with van der Waals surface area (Å²) in [6, 6.07) is 4.46. The molecule has 0 radical (unpaired) electrons. The normalized spacial score (nSPS) is 11.8. The highest BCUT2D eigenvalue weighted by atomic mass is 35.5. The monoisotopic (exact) mass is 296 g/mol. The number of benzene rings is 1. The summed E-state index contributed by atoms with van der Waals surface area (Å²) in [5, 5.41) is 0.445. The lowest BCUT2D eigenvalue weighted by Crippen LogP contribution is -2.28. The Morgan fingerprint density at radius 1 is 1.24 bits per heavy atom. The van der Waals surface area contributed by atoms with Crippen molar-refractivity contribution in [2.75, 3.05) is 11.8 Å². The van der Waals surface area contributed by atoms with E-state index in [0.29, 0.717) is 23.2 Å². The van der Waals surface area contributed by atoms with Crippen molar-refractivity contribution in [1.82, 2.24) is 0 Å². The average molecular weight is 298 g/mol. The number of halogens is 4. The van der Waals surface area contributed by atoms with E-state index in [2.05, 4.69) is 6.92 Å². The second-order valence-corrected chi connectivity index (χ2v) is 5.37. The number of rotatable bonds is 6. The maximum Gasteiger partial charge on any atom is 0.124 e. The Morgan fingerprint density at radius 2 is 1.88 bits per heavy atom. The van der Waals surface area contributed by atoms with Crippen molar-refractivity contribution < 1.29 is 4.39 Å². The van der Waals surface area contributed by atoms with Crippen LogP contribution < -0.4 is 0 Å². The van der Waals surface area contributed by atoms with Crippen molar-refractivity contribution in [2.45, 2.75) is 26.2 Å². The molecule has 0 aliphatic carbocycles. The third-order valence-electron chi connectivity index (χ3n) is 2.93. The van der Waals surface area contributed by atoms with E-state index >= 15 is 0 Å². The maximum atomic E-state index is 13.0. The fourth-order valence-corrected chi connectivity index (χ4v) is 2.93. The van der Waals surface area contributed by atoms with Crippen LogP contribution in [0.3, 0.4) is 0 Å². The number of hydrogen-bond donors (Lipinski definition) is 0. The molecule has 0 aromatic heterocycles. The zero-order valence-corrected chi connectivity index (χ0v) is 12.0. The zero-order valence-electron chi connectivity index (χ0n) is 9.78. The van der Waals surface area contributed by atoms with E-state index in [1.807, 2.05) is 0 Å². The topological polar surface area (TPSA) is 0 Å². The second-order valence-electron chi connectivity index (χ2n) is 4.43. The molecule has 0 aliphatic rings. The van der Waals surface area contributed by atoms with Crippen molar-refractivity contribution in [2.24, 2.45) is 5.41 Å². The first-order chi connectivity index (χ1) is 8.06. The summed E-state index contributed by atoms with van der Waals surface area (Å²) in [4.78, 5) is 0. The molecule has 1 rings (SSSR count). The highest BCUT2D eigenvalue weighted by Gasteiger charge is 2.28. The molecule has 0 saturated carbocycles. The van der Waals surface area contributed by atoms with Crippen molar-refractivity contribution in [3.8, 4) is 0 Å². The van der Waals surface area contributed by atoms with Gasteiger partial charge in [-0.2, -0.15) is 0 Å². The molecule has 0 spiro atoms. The van der Waals surface area contributed by atoms with Crippen LogP contribution in [0.15, 0.2) is 18.2 Å². The summed E-state index contributed by atoms with van der Waals surface area (Å²) in [6.45, 7) is 2.10. The molecule has 0 saturated heterocycles. The third-order valence-corrected chi connectivity index (χ3v) is 4.41. The molecule has 0 aliphatic heterocycles. The fourth-order valence-electron chi connectivity index (χ4n) is 1.95. The standard InChI is InChI=1S/C13H16Cl3F/c1-2-5-13(8-14,9-15)7-10-3-4-11(17)6-12(10)16/h3-4,6H,2,5,7-9H2,1H3. The molecule has 0 amide bonds. The van der Waals surface area contributed by atoms with Gasteiger partial charge in [0.25, 0.3) is 0 Å². The minimum atomic E-state index is -0.323. The van der Waals surface area contributed by atoms with E-state index in [-0.39, 0.29) is 11.2 Å². The molecule has 1 aromatic carbocycles. The van der Waals surface area contributed by atoms with E-state index in [1.165, 1.54) is 12.1 Å². The van der Waals surface area contributed by atoms with E-state index in [9.17, 15) is 4.39 Å². The van der Waals surface area contributed by atoms with Crippen molar-refractivity contribution in [3.05, 3.63) is 34.6 Å². The highest BCUT2D eigenvalue weighted by molar-refractivity contribution is 6.31. The molecule has 17 heavy (non-hydrogen) atoms. The van der Waals surface area contributed by atoms with Crippen LogP contribution in [-0.4, -0.2) is 11.8 Å². The second kappa shape index (κ2) is 6.82. The molecule has 0 N–H and O–H groups in total. The van der Waals surface area contributed by atoms with Gasteiger partial charge < -0.3 is 0 Å². The smallest absolute Gasteiger partial charge is 0.124 e. The van der Waals surface area contributed by atoms with Crippen LogP contribution in [0.2, 0.25) is 5.02 Å². The zero-order chi connectivity index (χ0) is 12.9. The molecular weight excluding hydrogens is 281 g/mol. The van der Waals surface area contributed by atoms with Gasteiger partial charge in [-0.1, -0.05) is 31.0 Å². The van der Waals surface area contributed by atoms with Crippen LogP contribution in [0.1, 0.15) is 25.3 Å². The van der Waals surface area contributed by atoms with E-state index in [4.69, 9.17) is 34.8 Å². The van der Waals surface area contributed by atoms with Gasteiger partial charge in [-0.05, 0) is 30.5 Å². The minimum Gasteiger partial charge on any atom is -0.207 e. The van der Waals surface area contributed by atoms with Gasteiger partial charge in [0.15, 0.2) is 0 Å². The van der Waals surface area contributed by atoms with Gasteiger partial charge in [0, 0.05) is 22.2 Å². The number of hydrogen-bond acceptors (Lipinski definition) is 0. The van der Waals surface area contributed by atoms with Crippen LogP contribution in [0.5, 0.6) is 0 Å². The van der Waals surface area contributed by atoms with Gasteiger partial charge in [0.2, 0.25) is 0 Å². The molecule has 0 atom stereocenters. The highest BCUT2D eigenvalue weighted by Crippen LogP contribution is 2.34. The maximum absolute atomic E-state index is 13.0. The largest absolute Gasteiger partial charge is 0.207 e. The van der Waals surface area contributed by atoms with Gasteiger partial charge in [0.05, 0.1) is 0 Å². The van der Waals surface area contributed by atoms with Gasteiger partial charge >= 0.3 is 0 Å². The van der Waals surface area contributed by atoms with Gasteiger partial charge in [-0.15, -0.1) is 23.2 Å². The minimum absolute atomic E-state index is 0.153. The Labute approximate surface area is 117 Å². The Kier molecular flexibility index (Phi) is 6.05.